The van der Waals surface area contributed by atoms with Gasteiger partial charge in [-0.3, -0.25) is 9.69 Å². The highest BCUT2D eigenvalue weighted by atomic mass is 32.2. The highest BCUT2D eigenvalue weighted by Gasteiger charge is 2.51. The van der Waals surface area contributed by atoms with Crippen molar-refractivity contribution < 1.29 is 4.79 Å². The van der Waals surface area contributed by atoms with Gasteiger partial charge in [-0.1, -0.05) is 42.0 Å². The molecule has 2 aromatic rings. The average molecular weight is 369 g/mol. The molecular weight excluding hydrogens is 348 g/mol. The van der Waals surface area contributed by atoms with Crippen LogP contribution in [0.4, 0.5) is 5.69 Å². The molecule has 0 unspecified atom stereocenters. The Bertz CT molecular complexity index is 862. The summed E-state index contributed by atoms with van der Waals surface area (Å²) in [6, 6.07) is 14.5. The van der Waals surface area contributed by atoms with E-state index in [9.17, 15) is 4.79 Å². The molecule has 2 fully saturated rings. The Kier molecular flexibility index (Phi) is 4.08. The Morgan fingerprint density at radius 1 is 1.04 bits per heavy atom. The number of benzene rings is 2. The molecule has 0 saturated carbocycles. The molecule has 0 N–H and O–H groups in total. The molecule has 0 bridgehead atoms. The number of thiocarbonyl (C=S) groups is 1. The monoisotopic (exact) mass is 368 g/mol. The lowest BCUT2D eigenvalue weighted by atomic mass is 10.1. The van der Waals surface area contributed by atoms with Crippen molar-refractivity contribution in [2.75, 3.05) is 10.7 Å². The number of thioether (sulfide) groups is 1. The molecule has 2 saturated heterocycles. The summed E-state index contributed by atoms with van der Waals surface area (Å²) in [7, 11) is 0. The summed E-state index contributed by atoms with van der Waals surface area (Å²) in [6.45, 7) is 6.15. The van der Waals surface area contributed by atoms with E-state index in [2.05, 4.69) is 54.3 Å². The van der Waals surface area contributed by atoms with Gasteiger partial charge in [0.1, 0.15) is 11.4 Å². The minimum absolute atomic E-state index is 0.0980. The van der Waals surface area contributed by atoms with Gasteiger partial charge in [-0.05, 0) is 55.7 Å². The summed E-state index contributed by atoms with van der Waals surface area (Å²) in [6.07, 6.45) is 0. The fourth-order valence-corrected chi connectivity index (χ4v) is 5.37. The number of carbonyl (C=O) groups excluding carboxylic acids is 1. The van der Waals surface area contributed by atoms with Crippen LogP contribution >= 0.6 is 24.0 Å². The lowest BCUT2D eigenvalue weighted by molar-refractivity contribution is -0.119. The van der Waals surface area contributed by atoms with Crippen LogP contribution in [0.5, 0.6) is 0 Å². The summed E-state index contributed by atoms with van der Waals surface area (Å²) in [5.41, 5.74) is 5.56. The third-order valence-corrected chi connectivity index (χ3v) is 6.60. The van der Waals surface area contributed by atoms with Crippen LogP contribution in [0.15, 0.2) is 42.5 Å². The number of aryl methyl sites for hydroxylation is 3. The number of hydrogen-bond donors (Lipinski definition) is 0. The third-order valence-electron chi connectivity index (χ3n) is 4.89. The van der Waals surface area contributed by atoms with E-state index in [1.54, 1.807) is 16.7 Å². The lowest BCUT2D eigenvalue weighted by Gasteiger charge is -2.26. The maximum atomic E-state index is 13.1. The zero-order valence-corrected chi connectivity index (χ0v) is 16.2. The largest absolute Gasteiger partial charge is 0.319 e. The number of amides is 1. The maximum Gasteiger partial charge on any atom is 0.257 e. The van der Waals surface area contributed by atoms with Crippen molar-refractivity contribution >= 4 is 40.7 Å². The first kappa shape index (κ1) is 16.6. The van der Waals surface area contributed by atoms with Gasteiger partial charge >= 0.3 is 0 Å². The lowest BCUT2D eigenvalue weighted by Crippen LogP contribution is -2.34. The van der Waals surface area contributed by atoms with E-state index >= 15 is 0 Å². The van der Waals surface area contributed by atoms with E-state index in [1.807, 2.05) is 13.8 Å². The summed E-state index contributed by atoms with van der Waals surface area (Å²) in [5.74, 6) is 0.875. The first-order chi connectivity index (χ1) is 12.0. The summed E-state index contributed by atoms with van der Waals surface area (Å²) >= 11 is 7.56. The van der Waals surface area contributed by atoms with E-state index in [4.69, 9.17) is 12.2 Å². The van der Waals surface area contributed by atoms with Crippen molar-refractivity contribution in [1.29, 1.82) is 0 Å². The highest BCUT2D eigenvalue weighted by molar-refractivity contribution is 7.99. The van der Waals surface area contributed by atoms with Crippen LogP contribution in [0, 0.1) is 20.8 Å². The topological polar surface area (TPSA) is 23.6 Å². The summed E-state index contributed by atoms with van der Waals surface area (Å²) in [5, 5.41) is 0.733. The maximum absolute atomic E-state index is 13.1. The predicted octanol–water partition coefficient (Wildman–Crippen LogP) is 4.36. The highest BCUT2D eigenvalue weighted by Crippen LogP contribution is 2.46. The van der Waals surface area contributed by atoms with Gasteiger partial charge in [0, 0.05) is 5.75 Å². The Labute approximate surface area is 158 Å². The van der Waals surface area contributed by atoms with E-state index < -0.39 is 0 Å². The van der Waals surface area contributed by atoms with E-state index in [1.165, 1.54) is 11.1 Å². The quantitative estimate of drug-likeness (QED) is 0.735. The Hall–Kier alpha value is -1.85. The van der Waals surface area contributed by atoms with Crippen molar-refractivity contribution in [3.63, 3.8) is 0 Å². The number of rotatable bonds is 2. The van der Waals surface area contributed by atoms with Crippen LogP contribution in [0.3, 0.4) is 0 Å². The van der Waals surface area contributed by atoms with Crippen LogP contribution in [-0.4, -0.2) is 27.7 Å². The molecule has 0 aromatic heterocycles. The molecule has 1 amide bonds. The van der Waals surface area contributed by atoms with E-state index in [0.717, 1.165) is 22.6 Å². The molecule has 0 radical (unpaired) electrons. The molecule has 2 heterocycles. The zero-order valence-electron chi connectivity index (χ0n) is 14.5. The molecule has 3 nitrogen and oxygen atoms in total. The van der Waals surface area contributed by atoms with Gasteiger partial charge in [-0.2, -0.15) is 0 Å². The van der Waals surface area contributed by atoms with Crippen molar-refractivity contribution in [3.05, 3.63) is 64.7 Å². The molecule has 0 spiro atoms. The van der Waals surface area contributed by atoms with Gasteiger partial charge in [0.05, 0.1) is 5.69 Å². The normalized spacial score (nSPS) is 22.7. The molecule has 4 rings (SSSR count). The van der Waals surface area contributed by atoms with Crippen LogP contribution in [-0.2, 0) is 4.79 Å². The molecule has 5 heteroatoms. The van der Waals surface area contributed by atoms with Crippen molar-refractivity contribution in [3.8, 4) is 0 Å². The van der Waals surface area contributed by atoms with Crippen LogP contribution < -0.4 is 4.90 Å². The van der Waals surface area contributed by atoms with Gasteiger partial charge < -0.3 is 4.90 Å². The Balaban J connectivity index is 1.71. The van der Waals surface area contributed by atoms with Gasteiger partial charge in [0.25, 0.3) is 5.91 Å². The van der Waals surface area contributed by atoms with Crippen LogP contribution in [0.1, 0.15) is 27.6 Å². The Morgan fingerprint density at radius 2 is 1.72 bits per heavy atom. The van der Waals surface area contributed by atoms with E-state index in [-0.39, 0.29) is 17.3 Å². The molecule has 2 aliphatic heterocycles. The number of fused-ring (bicyclic) bond motifs is 1. The molecule has 2 atom stereocenters. The van der Waals surface area contributed by atoms with Crippen molar-refractivity contribution in [2.24, 2.45) is 0 Å². The third kappa shape index (κ3) is 2.66. The number of carbonyl (C=O) groups is 1. The standard InChI is InChI=1S/C20H20N2OS2/c1-12-5-8-15(9-6-12)19-22-17(11-25-19)18(23)21(20(22)24)16-10-13(2)4-7-14(16)3/h4-10,17,19H,11H2,1-3H3/t17-,19-/m1/s1. The Morgan fingerprint density at radius 3 is 2.44 bits per heavy atom. The van der Waals surface area contributed by atoms with Crippen LogP contribution in [0.2, 0.25) is 0 Å². The first-order valence-electron chi connectivity index (χ1n) is 8.39. The summed E-state index contributed by atoms with van der Waals surface area (Å²) in [4.78, 5) is 16.9. The first-order valence-corrected chi connectivity index (χ1v) is 9.85. The number of hydrogen-bond acceptors (Lipinski definition) is 3. The van der Waals surface area contributed by atoms with Crippen LogP contribution in [0.25, 0.3) is 0 Å². The van der Waals surface area contributed by atoms with E-state index in [0.29, 0.717) is 5.11 Å². The molecule has 2 aromatic carbocycles. The number of nitrogens with zero attached hydrogens (tertiary/aromatic N) is 2. The second-order valence-corrected chi connectivity index (χ2v) is 8.24. The molecule has 128 valence electrons. The van der Waals surface area contributed by atoms with Gasteiger partial charge in [-0.15, -0.1) is 11.8 Å². The number of anilines is 1. The van der Waals surface area contributed by atoms with Crippen molar-refractivity contribution in [1.82, 2.24) is 4.90 Å². The smallest absolute Gasteiger partial charge is 0.257 e. The minimum Gasteiger partial charge on any atom is -0.319 e. The zero-order chi connectivity index (χ0) is 17.7. The fraction of sp³-hybridized carbons (Fsp3) is 0.300. The fourth-order valence-electron chi connectivity index (χ4n) is 3.46. The second kappa shape index (κ2) is 6.15. The molecule has 0 aliphatic carbocycles. The second-order valence-electron chi connectivity index (χ2n) is 6.77. The molecular formula is C20H20N2OS2. The summed E-state index contributed by atoms with van der Waals surface area (Å²) < 4.78 is 0. The predicted molar refractivity (Wildman–Crippen MR) is 108 cm³/mol. The molecule has 2 aliphatic rings. The van der Waals surface area contributed by atoms with Crippen molar-refractivity contribution in [2.45, 2.75) is 32.2 Å². The average Bonchev–Trinajstić information content (AvgIpc) is 3.12. The van der Waals surface area contributed by atoms with Gasteiger partial charge in [0.2, 0.25) is 0 Å². The molecule has 25 heavy (non-hydrogen) atoms. The minimum atomic E-state index is -0.163. The SMILES string of the molecule is Cc1ccc([C@H]2SC[C@@H]3C(=O)N(c4cc(C)ccc4C)C(=S)N32)cc1. The van der Waals surface area contributed by atoms with Gasteiger partial charge in [-0.25, -0.2) is 0 Å². The van der Waals surface area contributed by atoms with Gasteiger partial charge in [0.15, 0.2) is 5.11 Å².